The zero-order valence-corrected chi connectivity index (χ0v) is 20.9. The summed E-state index contributed by atoms with van der Waals surface area (Å²) in [5.41, 5.74) is 0.841. The number of morpholine rings is 1. The zero-order valence-electron chi connectivity index (χ0n) is 20.9. The minimum Gasteiger partial charge on any atom is -0.434 e. The molecule has 12 heteroatoms. The van der Waals surface area contributed by atoms with Gasteiger partial charge in [-0.1, -0.05) is 24.3 Å². The van der Waals surface area contributed by atoms with E-state index in [2.05, 4.69) is 25.6 Å². The number of carbonyl (C=O) groups excluding carboxylic acids is 1. The van der Waals surface area contributed by atoms with Gasteiger partial charge in [0.05, 0.1) is 31.0 Å². The Labute approximate surface area is 223 Å². The van der Waals surface area contributed by atoms with Crippen molar-refractivity contribution >= 4 is 34.8 Å². The Kier molecular flexibility index (Phi) is 8.04. The molecule has 1 aromatic heterocycles. The molecule has 1 fully saturated rings. The van der Waals surface area contributed by atoms with Crippen LogP contribution in [0.3, 0.4) is 0 Å². The Morgan fingerprint density at radius 3 is 2.67 bits per heavy atom. The lowest BCUT2D eigenvalue weighted by Gasteiger charge is -2.26. The summed E-state index contributed by atoms with van der Waals surface area (Å²) in [6.45, 7) is 1.05. The summed E-state index contributed by atoms with van der Waals surface area (Å²) in [5.74, 6) is -0.461. The lowest BCUT2D eigenvalue weighted by atomic mass is 10.0. The van der Waals surface area contributed by atoms with Gasteiger partial charge in [-0.25, -0.2) is 4.99 Å². The highest BCUT2D eigenvalue weighted by Gasteiger charge is 2.23. The molecule has 202 valence electrons. The molecule has 2 aliphatic rings. The van der Waals surface area contributed by atoms with E-state index >= 15 is 0 Å². The summed E-state index contributed by atoms with van der Waals surface area (Å²) in [4.78, 5) is 19.6. The summed E-state index contributed by atoms with van der Waals surface area (Å²) in [6.07, 6.45) is 7.30. The van der Waals surface area contributed by atoms with Crippen LogP contribution in [0.4, 0.5) is 14.5 Å². The van der Waals surface area contributed by atoms with Gasteiger partial charge in [0.25, 0.3) is 5.91 Å². The Morgan fingerprint density at radius 1 is 1.21 bits per heavy atom. The number of fused-ring (bicyclic) bond motifs is 1. The van der Waals surface area contributed by atoms with Gasteiger partial charge in [0.15, 0.2) is 0 Å². The first-order chi connectivity index (χ1) is 19.0. The summed E-state index contributed by atoms with van der Waals surface area (Å²) < 4.78 is 38.8. The van der Waals surface area contributed by atoms with Crippen molar-refractivity contribution in [3.8, 4) is 17.0 Å². The van der Waals surface area contributed by atoms with E-state index in [1.165, 1.54) is 12.3 Å². The van der Waals surface area contributed by atoms with Crippen LogP contribution in [0.1, 0.15) is 0 Å². The van der Waals surface area contributed by atoms with Gasteiger partial charge < -0.3 is 25.5 Å². The van der Waals surface area contributed by atoms with E-state index < -0.39 is 12.5 Å². The van der Waals surface area contributed by atoms with E-state index in [1.54, 1.807) is 35.3 Å². The van der Waals surface area contributed by atoms with E-state index in [9.17, 15) is 13.6 Å². The number of allylic oxidation sites excluding steroid dienone is 1. The predicted octanol–water partition coefficient (Wildman–Crippen LogP) is 3.62. The number of alkyl halides is 2. The average Bonchev–Trinajstić information content (AvgIpc) is 3.35. The van der Waals surface area contributed by atoms with Gasteiger partial charge in [0, 0.05) is 50.0 Å². The van der Waals surface area contributed by atoms with Gasteiger partial charge in [-0.05, 0) is 29.0 Å². The number of rotatable bonds is 9. The first kappa shape index (κ1) is 26.2. The van der Waals surface area contributed by atoms with Crippen LogP contribution in [-0.2, 0) is 16.1 Å². The van der Waals surface area contributed by atoms with Crippen molar-refractivity contribution < 1.29 is 23.0 Å². The second-order valence-electron chi connectivity index (χ2n) is 8.82. The third kappa shape index (κ3) is 6.19. The molecular weight excluding hydrogens is 508 g/mol. The molecule has 0 atom stereocenters. The molecule has 10 nitrogen and oxygen atoms in total. The maximum absolute atomic E-state index is 13.4. The molecule has 1 amide bonds. The van der Waals surface area contributed by atoms with E-state index in [4.69, 9.17) is 14.9 Å². The van der Waals surface area contributed by atoms with E-state index in [-0.39, 0.29) is 28.5 Å². The average molecular weight is 536 g/mol. The van der Waals surface area contributed by atoms with Gasteiger partial charge in [-0.2, -0.15) is 13.9 Å². The second kappa shape index (κ2) is 12.0. The summed E-state index contributed by atoms with van der Waals surface area (Å²) in [5, 5.41) is 19.6. The molecular formula is C27H27F2N7O3. The number of aromatic nitrogens is 2. The number of amides is 1. The third-order valence-electron chi connectivity index (χ3n) is 6.33. The maximum atomic E-state index is 13.4. The molecule has 0 unspecified atom stereocenters. The fourth-order valence-electron chi connectivity index (χ4n) is 4.40. The van der Waals surface area contributed by atoms with Crippen LogP contribution in [0.15, 0.2) is 71.3 Å². The van der Waals surface area contributed by atoms with E-state index in [0.717, 1.165) is 30.1 Å². The van der Waals surface area contributed by atoms with Gasteiger partial charge in [0.1, 0.15) is 17.3 Å². The quantitative estimate of drug-likeness (QED) is 0.285. The number of hydrogen-bond donors (Lipinski definition) is 3. The van der Waals surface area contributed by atoms with Crippen molar-refractivity contribution in [3.05, 3.63) is 66.3 Å². The van der Waals surface area contributed by atoms with Crippen LogP contribution in [0.5, 0.6) is 5.75 Å². The van der Waals surface area contributed by atoms with Crippen LogP contribution in [-0.4, -0.2) is 72.5 Å². The standard InChI is InChI=1S/C27H27F2N7O3/c28-27(29)39-23-15-19-5-2-1-4-18(19)14-20(23)24-22(17-36(34-24)9-8-35-10-12-38-13-11-35)33-26(37)21(16-30)25-31-6-3-7-32-25/h1-7,14-17,27,30-31H,8-13H2,(H,33,37)/b25-21-,30-16?. The molecule has 3 heterocycles. The fraction of sp³-hybridized carbons (Fsp3) is 0.259. The summed E-state index contributed by atoms with van der Waals surface area (Å²) in [7, 11) is 0. The molecule has 0 spiro atoms. The first-order valence-electron chi connectivity index (χ1n) is 12.4. The molecule has 0 radical (unpaired) electrons. The van der Waals surface area contributed by atoms with Gasteiger partial charge in [-0.15, -0.1) is 0 Å². The van der Waals surface area contributed by atoms with Gasteiger partial charge in [0.2, 0.25) is 0 Å². The number of anilines is 1. The lowest BCUT2D eigenvalue weighted by Crippen LogP contribution is -2.38. The van der Waals surface area contributed by atoms with Crippen molar-refractivity contribution in [1.29, 1.82) is 5.41 Å². The Balaban J connectivity index is 1.54. The van der Waals surface area contributed by atoms with Crippen molar-refractivity contribution in [2.45, 2.75) is 13.2 Å². The molecule has 39 heavy (non-hydrogen) atoms. The Morgan fingerprint density at radius 2 is 1.97 bits per heavy atom. The minimum absolute atomic E-state index is 0.00909. The molecule has 3 aromatic rings. The van der Waals surface area contributed by atoms with Crippen LogP contribution < -0.4 is 15.4 Å². The van der Waals surface area contributed by atoms with E-state index in [1.807, 2.05) is 18.2 Å². The van der Waals surface area contributed by atoms with Crippen LogP contribution in [0, 0.1) is 5.41 Å². The molecule has 0 aliphatic carbocycles. The van der Waals surface area contributed by atoms with Gasteiger partial charge in [-0.3, -0.25) is 14.4 Å². The molecule has 2 aliphatic heterocycles. The molecule has 3 N–H and O–H groups in total. The summed E-state index contributed by atoms with van der Waals surface area (Å²) >= 11 is 0. The second-order valence-corrected chi connectivity index (χ2v) is 8.82. The highest BCUT2D eigenvalue weighted by molar-refractivity contribution is 6.18. The topological polar surface area (TPSA) is 117 Å². The number of hydrogen-bond acceptors (Lipinski definition) is 8. The largest absolute Gasteiger partial charge is 0.434 e. The number of benzene rings is 2. The minimum atomic E-state index is -3.05. The molecule has 0 bridgehead atoms. The van der Waals surface area contributed by atoms with Crippen molar-refractivity contribution in [1.82, 2.24) is 20.0 Å². The maximum Gasteiger partial charge on any atom is 0.387 e. The Bertz CT molecular complexity index is 1460. The van der Waals surface area contributed by atoms with Crippen molar-refractivity contribution in [3.63, 3.8) is 0 Å². The monoisotopic (exact) mass is 535 g/mol. The SMILES string of the molecule is N=C/C(C(=O)Nc1cn(CCN2CCOCC2)nc1-c1cc2ccccc2cc1OC(F)F)=C1/N=CC=CN1. The third-order valence-corrected chi connectivity index (χ3v) is 6.33. The van der Waals surface area contributed by atoms with Crippen LogP contribution >= 0.6 is 0 Å². The molecule has 5 rings (SSSR count). The Hall–Kier alpha value is -4.42. The highest BCUT2D eigenvalue weighted by atomic mass is 19.3. The molecule has 2 aromatic carbocycles. The first-order valence-corrected chi connectivity index (χ1v) is 12.4. The predicted molar refractivity (Wildman–Crippen MR) is 144 cm³/mol. The summed E-state index contributed by atoms with van der Waals surface area (Å²) in [6, 6.07) is 10.6. The number of halogens is 2. The number of carbonyl (C=O) groups is 1. The normalized spacial score (nSPS) is 16.8. The number of nitrogens with zero attached hydrogens (tertiary/aromatic N) is 4. The molecule has 0 saturated carbocycles. The number of ether oxygens (including phenoxy) is 2. The van der Waals surface area contributed by atoms with Gasteiger partial charge >= 0.3 is 6.61 Å². The molecule has 1 saturated heterocycles. The fourth-order valence-corrected chi connectivity index (χ4v) is 4.40. The van der Waals surface area contributed by atoms with Crippen LogP contribution in [0.2, 0.25) is 0 Å². The lowest BCUT2D eigenvalue weighted by molar-refractivity contribution is -0.112. The number of nitrogens with one attached hydrogen (secondary N) is 3. The van der Waals surface area contributed by atoms with E-state index in [0.29, 0.717) is 31.9 Å². The smallest absolute Gasteiger partial charge is 0.387 e. The van der Waals surface area contributed by atoms with Crippen molar-refractivity contribution in [2.24, 2.45) is 4.99 Å². The zero-order chi connectivity index (χ0) is 27.2. The number of aliphatic imine (C=N–C) groups is 1. The van der Waals surface area contributed by atoms with Crippen LogP contribution in [0.25, 0.3) is 22.0 Å². The van der Waals surface area contributed by atoms with Crippen molar-refractivity contribution in [2.75, 3.05) is 38.2 Å². The highest BCUT2D eigenvalue weighted by Crippen LogP contribution is 2.38.